The van der Waals surface area contributed by atoms with Crippen LogP contribution >= 0.6 is 0 Å². The molecule has 90 valence electrons. The van der Waals surface area contributed by atoms with Crippen molar-refractivity contribution < 1.29 is 13.2 Å². The molecular weight excluding hydrogens is 226 g/mol. The Morgan fingerprint density at radius 2 is 2.00 bits per heavy atom. The van der Waals surface area contributed by atoms with Crippen molar-refractivity contribution in [2.75, 3.05) is 24.4 Å². The molecule has 1 N–H and O–H groups in total. The van der Waals surface area contributed by atoms with Gasteiger partial charge in [-0.25, -0.2) is 8.42 Å². The number of ether oxygens (including phenoxy) is 1. The van der Waals surface area contributed by atoms with E-state index < -0.39 is 9.84 Å². The van der Waals surface area contributed by atoms with E-state index in [4.69, 9.17) is 4.74 Å². The van der Waals surface area contributed by atoms with Crippen LogP contribution in [0.15, 0.2) is 24.3 Å². The Labute approximate surface area is 96.5 Å². The molecule has 1 rings (SSSR count). The average Bonchev–Trinajstić information content (AvgIpc) is 2.15. The van der Waals surface area contributed by atoms with Gasteiger partial charge in [-0.15, -0.1) is 0 Å². The van der Waals surface area contributed by atoms with Gasteiger partial charge in [0, 0.05) is 12.3 Å². The number of para-hydroxylation sites is 2. The van der Waals surface area contributed by atoms with Gasteiger partial charge in [0.25, 0.3) is 0 Å². The first kappa shape index (κ1) is 12.8. The minimum Gasteiger partial charge on any atom is -0.495 e. The topological polar surface area (TPSA) is 55.4 Å². The van der Waals surface area contributed by atoms with Crippen molar-refractivity contribution in [1.29, 1.82) is 0 Å². The quantitative estimate of drug-likeness (QED) is 0.852. The van der Waals surface area contributed by atoms with Gasteiger partial charge in [0.15, 0.2) is 0 Å². The van der Waals surface area contributed by atoms with Gasteiger partial charge >= 0.3 is 0 Å². The van der Waals surface area contributed by atoms with Gasteiger partial charge in [-0.2, -0.15) is 0 Å². The molecule has 0 heterocycles. The second kappa shape index (κ2) is 5.21. The molecule has 0 aromatic heterocycles. The molecule has 5 heteroatoms. The molecule has 0 saturated heterocycles. The third kappa shape index (κ3) is 4.10. The van der Waals surface area contributed by atoms with E-state index >= 15 is 0 Å². The van der Waals surface area contributed by atoms with E-state index in [1.54, 1.807) is 7.11 Å². The second-order valence-electron chi connectivity index (χ2n) is 3.84. The van der Waals surface area contributed by atoms with Crippen LogP contribution in [0.4, 0.5) is 5.69 Å². The zero-order valence-corrected chi connectivity index (χ0v) is 10.5. The lowest BCUT2D eigenvalue weighted by atomic mass is 10.2. The normalized spacial score (nSPS) is 13.2. The van der Waals surface area contributed by atoms with E-state index in [-0.39, 0.29) is 11.8 Å². The number of anilines is 1. The van der Waals surface area contributed by atoms with E-state index in [0.29, 0.717) is 5.75 Å². The first-order valence-electron chi connectivity index (χ1n) is 4.99. The van der Waals surface area contributed by atoms with E-state index in [1.807, 2.05) is 31.2 Å². The Bertz CT molecular complexity index is 442. The summed E-state index contributed by atoms with van der Waals surface area (Å²) in [6.45, 7) is 1.83. The molecule has 1 atom stereocenters. The number of hydrogen-bond donors (Lipinski definition) is 1. The largest absolute Gasteiger partial charge is 0.495 e. The van der Waals surface area contributed by atoms with Crippen LogP contribution in [0.25, 0.3) is 0 Å². The van der Waals surface area contributed by atoms with Crippen molar-refractivity contribution in [3.05, 3.63) is 24.3 Å². The Morgan fingerprint density at radius 1 is 1.38 bits per heavy atom. The van der Waals surface area contributed by atoms with Crippen LogP contribution in [0.5, 0.6) is 5.75 Å². The molecule has 16 heavy (non-hydrogen) atoms. The van der Waals surface area contributed by atoms with Crippen molar-refractivity contribution in [2.24, 2.45) is 0 Å². The summed E-state index contributed by atoms with van der Waals surface area (Å²) in [5.74, 6) is 0.813. The van der Waals surface area contributed by atoms with E-state index in [2.05, 4.69) is 5.32 Å². The first-order chi connectivity index (χ1) is 7.42. The summed E-state index contributed by atoms with van der Waals surface area (Å²) >= 11 is 0. The lowest BCUT2D eigenvalue weighted by molar-refractivity contribution is 0.416. The highest BCUT2D eigenvalue weighted by Crippen LogP contribution is 2.23. The van der Waals surface area contributed by atoms with Gasteiger partial charge in [-0.05, 0) is 19.1 Å². The van der Waals surface area contributed by atoms with E-state index in [1.165, 1.54) is 6.26 Å². The number of methoxy groups -OCH3 is 1. The molecule has 0 aliphatic carbocycles. The monoisotopic (exact) mass is 243 g/mol. The van der Waals surface area contributed by atoms with Crippen LogP contribution in [0.1, 0.15) is 6.92 Å². The summed E-state index contributed by atoms with van der Waals surface area (Å²) in [6, 6.07) is 7.28. The Morgan fingerprint density at radius 3 is 2.56 bits per heavy atom. The maximum Gasteiger partial charge on any atom is 0.149 e. The smallest absolute Gasteiger partial charge is 0.149 e. The number of benzene rings is 1. The molecule has 0 spiro atoms. The van der Waals surface area contributed by atoms with Gasteiger partial charge in [-0.1, -0.05) is 12.1 Å². The number of rotatable bonds is 5. The molecule has 0 amide bonds. The minimum atomic E-state index is -2.97. The van der Waals surface area contributed by atoms with E-state index in [0.717, 1.165) is 5.69 Å². The third-order valence-corrected chi connectivity index (χ3v) is 3.17. The number of sulfone groups is 1. The summed E-state index contributed by atoms with van der Waals surface area (Å²) in [5.41, 5.74) is 0.807. The molecule has 0 saturated carbocycles. The Balaban J connectivity index is 2.73. The molecule has 0 fully saturated rings. The zero-order chi connectivity index (χ0) is 12.2. The molecule has 0 aliphatic rings. The minimum absolute atomic E-state index is 0.102. The van der Waals surface area contributed by atoms with Crippen molar-refractivity contribution in [3.8, 4) is 5.75 Å². The standard InChI is InChI=1S/C11H17NO3S/c1-9(8-16(3,13)14)12-10-6-4-5-7-11(10)15-2/h4-7,9,12H,8H2,1-3H3. The number of nitrogens with one attached hydrogen (secondary N) is 1. The molecule has 0 bridgehead atoms. The maximum absolute atomic E-state index is 11.1. The van der Waals surface area contributed by atoms with Gasteiger partial charge in [0.05, 0.1) is 18.6 Å². The fourth-order valence-electron chi connectivity index (χ4n) is 1.53. The second-order valence-corrected chi connectivity index (χ2v) is 6.02. The summed E-state index contributed by atoms with van der Waals surface area (Å²) in [4.78, 5) is 0. The van der Waals surface area contributed by atoms with Crippen molar-refractivity contribution >= 4 is 15.5 Å². The lowest BCUT2D eigenvalue weighted by Gasteiger charge is -2.16. The predicted molar refractivity (Wildman–Crippen MR) is 65.8 cm³/mol. The summed E-state index contributed by atoms with van der Waals surface area (Å²) in [7, 11) is -1.38. The molecular formula is C11H17NO3S. The Hall–Kier alpha value is -1.23. The molecule has 4 nitrogen and oxygen atoms in total. The fraction of sp³-hybridized carbons (Fsp3) is 0.455. The fourth-order valence-corrected chi connectivity index (χ4v) is 2.52. The van der Waals surface area contributed by atoms with Gasteiger partial charge in [0.1, 0.15) is 15.6 Å². The first-order valence-corrected chi connectivity index (χ1v) is 7.05. The van der Waals surface area contributed by atoms with Crippen LogP contribution in [-0.2, 0) is 9.84 Å². The van der Waals surface area contributed by atoms with Crippen LogP contribution in [-0.4, -0.2) is 33.6 Å². The average molecular weight is 243 g/mol. The highest BCUT2D eigenvalue weighted by Gasteiger charge is 2.11. The molecule has 1 unspecified atom stereocenters. The predicted octanol–water partition coefficient (Wildman–Crippen LogP) is 1.54. The van der Waals surface area contributed by atoms with Crippen molar-refractivity contribution in [2.45, 2.75) is 13.0 Å². The summed E-state index contributed by atoms with van der Waals surface area (Å²) < 4.78 is 27.4. The summed E-state index contributed by atoms with van der Waals surface area (Å²) in [6.07, 6.45) is 1.23. The highest BCUT2D eigenvalue weighted by molar-refractivity contribution is 7.90. The number of hydrogen-bond acceptors (Lipinski definition) is 4. The highest BCUT2D eigenvalue weighted by atomic mass is 32.2. The lowest BCUT2D eigenvalue weighted by Crippen LogP contribution is -2.25. The Kier molecular flexibility index (Phi) is 4.18. The molecule has 0 aliphatic heterocycles. The van der Waals surface area contributed by atoms with Crippen molar-refractivity contribution in [1.82, 2.24) is 0 Å². The van der Waals surface area contributed by atoms with Crippen LogP contribution in [0.3, 0.4) is 0 Å². The van der Waals surface area contributed by atoms with Crippen LogP contribution in [0.2, 0.25) is 0 Å². The molecule has 1 aromatic rings. The van der Waals surface area contributed by atoms with Crippen LogP contribution < -0.4 is 10.1 Å². The maximum atomic E-state index is 11.1. The van der Waals surface area contributed by atoms with Gasteiger partial charge in [0.2, 0.25) is 0 Å². The molecule has 1 aromatic carbocycles. The summed E-state index contributed by atoms with van der Waals surface area (Å²) in [5, 5.41) is 3.11. The zero-order valence-electron chi connectivity index (χ0n) is 9.73. The molecule has 0 radical (unpaired) electrons. The van der Waals surface area contributed by atoms with Gasteiger partial charge in [-0.3, -0.25) is 0 Å². The SMILES string of the molecule is COc1ccccc1NC(C)CS(C)(=O)=O. The van der Waals surface area contributed by atoms with Crippen molar-refractivity contribution in [3.63, 3.8) is 0 Å². The third-order valence-electron chi connectivity index (χ3n) is 2.06. The van der Waals surface area contributed by atoms with Gasteiger partial charge < -0.3 is 10.1 Å². The van der Waals surface area contributed by atoms with Crippen LogP contribution in [0, 0.1) is 0 Å². The van der Waals surface area contributed by atoms with E-state index in [9.17, 15) is 8.42 Å².